The summed E-state index contributed by atoms with van der Waals surface area (Å²) < 4.78 is 1.70. The van der Waals surface area contributed by atoms with Crippen LogP contribution in [-0.4, -0.2) is 39.5 Å². The molecule has 0 aliphatic heterocycles. The van der Waals surface area contributed by atoms with Crippen LogP contribution < -0.4 is 11.1 Å². The summed E-state index contributed by atoms with van der Waals surface area (Å²) in [6, 6.07) is -0.272. The normalized spacial score (nSPS) is 12.7. The Kier molecular flexibility index (Phi) is 4.57. The Morgan fingerprint density at radius 2 is 2.53 bits per heavy atom. The second-order valence-electron chi connectivity index (χ2n) is 3.05. The molecule has 1 aromatic heterocycles. The molecule has 1 amide bonds. The van der Waals surface area contributed by atoms with Crippen molar-refractivity contribution in [3.8, 4) is 0 Å². The molecule has 0 spiro atoms. The Morgan fingerprint density at radius 3 is 3.00 bits per heavy atom. The minimum Gasteiger partial charge on any atom is -0.368 e. The van der Waals surface area contributed by atoms with Crippen LogP contribution in [0.3, 0.4) is 0 Å². The number of rotatable bonds is 6. The summed E-state index contributed by atoms with van der Waals surface area (Å²) >= 11 is 1.56. The Hall–Kier alpha value is -1.08. The molecule has 0 bridgehead atoms. The molecular weight excluding hydrogens is 214 g/mol. The number of hydrogen-bond acceptors (Lipinski definition) is 5. The molecule has 0 aliphatic rings. The predicted molar refractivity (Wildman–Crippen MR) is 58.4 cm³/mol. The maximum Gasteiger partial charge on any atom is 0.234 e. The third-order valence-electron chi connectivity index (χ3n) is 2.00. The van der Waals surface area contributed by atoms with E-state index in [1.807, 2.05) is 7.05 Å². The summed E-state index contributed by atoms with van der Waals surface area (Å²) in [7, 11) is 3.56. The fourth-order valence-electron chi connectivity index (χ4n) is 1.11. The van der Waals surface area contributed by atoms with E-state index in [4.69, 9.17) is 5.73 Å². The first kappa shape index (κ1) is 12.0. The van der Waals surface area contributed by atoms with E-state index in [9.17, 15) is 4.79 Å². The number of likely N-dealkylation sites (N-methyl/N-ethyl adjacent to an activating group) is 1. The summed E-state index contributed by atoms with van der Waals surface area (Å²) in [5.41, 5.74) is 5.19. The molecular formula is C8H15N5OS. The van der Waals surface area contributed by atoms with Crippen LogP contribution in [0.2, 0.25) is 0 Å². The lowest BCUT2D eigenvalue weighted by Crippen LogP contribution is -2.39. The first-order valence-corrected chi connectivity index (χ1v) is 5.57. The summed E-state index contributed by atoms with van der Waals surface area (Å²) in [5, 5.41) is 7.65. The monoisotopic (exact) mass is 229 g/mol. The van der Waals surface area contributed by atoms with Gasteiger partial charge in [0.15, 0.2) is 5.16 Å². The van der Waals surface area contributed by atoms with E-state index < -0.39 is 0 Å². The van der Waals surface area contributed by atoms with E-state index in [1.54, 1.807) is 23.5 Å². The molecule has 0 radical (unpaired) electrons. The van der Waals surface area contributed by atoms with Crippen molar-refractivity contribution >= 4 is 17.7 Å². The number of primary amides is 1. The molecule has 6 nitrogen and oxygen atoms in total. The van der Waals surface area contributed by atoms with E-state index in [0.717, 1.165) is 10.9 Å². The molecule has 0 saturated carbocycles. The first-order chi connectivity index (χ1) is 7.15. The summed E-state index contributed by atoms with van der Waals surface area (Å²) in [6.45, 7) is 0. The lowest BCUT2D eigenvalue weighted by Gasteiger charge is -2.10. The van der Waals surface area contributed by atoms with Crippen LogP contribution in [-0.2, 0) is 11.8 Å². The highest BCUT2D eigenvalue weighted by Crippen LogP contribution is 2.14. The van der Waals surface area contributed by atoms with Gasteiger partial charge in [-0.3, -0.25) is 4.79 Å². The molecule has 0 saturated heterocycles. The lowest BCUT2D eigenvalue weighted by atomic mass is 10.2. The molecule has 0 aromatic carbocycles. The SMILES string of the molecule is CNC(CCSc1ncnn1C)C(N)=O. The van der Waals surface area contributed by atoms with Crippen LogP contribution in [0, 0.1) is 0 Å². The Balaban J connectivity index is 2.33. The number of nitrogens with one attached hydrogen (secondary N) is 1. The molecule has 84 valence electrons. The Morgan fingerprint density at radius 1 is 1.80 bits per heavy atom. The zero-order valence-corrected chi connectivity index (χ0v) is 9.62. The van der Waals surface area contributed by atoms with Crippen molar-refractivity contribution in [1.29, 1.82) is 0 Å². The van der Waals surface area contributed by atoms with E-state index in [2.05, 4.69) is 15.4 Å². The van der Waals surface area contributed by atoms with Gasteiger partial charge in [0.2, 0.25) is 5.91 Å². The highest BCUT2D eigenvalue weighted by atomic mass is 32.2. The van der Waals surface area contributed by atoms with E-state index >= 15 is 0 Å². The van der Waals surface area contributed by atoms with Gasteiger partial charge in [-0.2, -0.15) is 5.10 Å². The number of aromatic nitrogens is 3. The number of carbonyl (C=O) groups is 1. The Labute approximate surface area is 92.6 Å². The number of hydrogen-bond donors (Lipinski definition) is 2. The minimum atomic E-state index is -0.323. The first-order valence-electron chi connectivity index (χ1n) is 4.58. The van der Waals surface area contributed by atoms with Crippen molar-refractivity contribution in [3.63, 3.8) is 0 Å². The maximum absolute atomic E-state index is 10.9. The molecule has 1 atom stereocenters. The van der Waals surface area contributed by atoms with Crippen molar-refractivity contribution < 1.29 is 4.79 Å². The summed E-state index contributed by atoms with van der Waals surface area (Å²) in [5.74, 6) is 0.456. The molecule has 1 heterocycles. The molecule has 1 rings (SSSR count). The molecule has 7 heteroatoms. The average molecular weight is 229 g/mol. The van der Waals surface area contributed by atoms with Gasteiger partial charge in [-0.05, 0) is 13.5 Å². The van der Waals surface area contributed by atoms with Gasteiger partial charge in [-0.25, -0.2) is 9.67 Å². The lowest BCUT2D eigenvalue weighted by molar-refractivity contribution is -0.119. The second kappa shape index (κ2) is 5.72. The third-order valence-corrected chi connectivity index (χ3v) is 3.07. The van der Waals surface area contributed by atoms with Gasteiger partial charge in [0.1, 0.15) is 6.33 Å². The van der Waals surface area contributed by atoms with E-state index in [0.29, 0.717) is 6.42 Å². The standard InChI is InChI=1S/C8H15N5OS/c1-10-6(7(9)14)3-4-15-8-11-5-12-13(8)2/h5-6,10H,3-4H2,1-2H3,(H2,9,14). The molecule has 1 unspecified atom stereocenters. The van der Waals surface area contributed by atoms with Crippen LogP contribution in [0.1, 0.15) is 6.42 Å². The predicted octanol–water partition coefficient (Wildman–Crippen LogP) is -0.629. The molecule has 3 N–H and O–H groups in total. The van der Waals surface area contributed by atoms with Crippen LogP contribution in [0.25, 0.3) is 0 Å². The minimum absolute atomic E-state index is 0.272. The highest BCUT2D eigenvalue weighted by molar-refractivity contribution is 7.99. The molecule has 15 heavy (non-hydrogen) atoms. The molecule has 1 aromatic rings. The number of amides is 1. The topological polar surface area (TPSA) is 85.8 Å². The summed E-state index contributed by atoms with van der Waals surface area (Å²) in [6.07, 6.45) is 2.19. The van der Waals surface area contributed by atoms with Gasteiger partial charge in [-0.1, -0.05) is 11.8 Å². The average Bonchev–Trinajstić information content (AvgIpc) is 2.58. The number of nitrogens with two attached hydrogens (primary N) is 1. The van der Waals surface area contributed by atoms with Gasteiger partial charge < -0.3 is 11.1 Å². The van der Waals surface area contributed by atoms with E-state index in [1.165, 1.54) is 6.33 Å². The highest BCUT2D eigenvalue weighted by Gasteiger charge is 2.12. The Bertz CT molecular complexity index is 327. The number of carbonyl (C=O) groups excluding carboxylic acids is 1. The smallest absolute Gasteiger partial charge is 0.234 e. The fourth-order valence-corrected chi connectivity index (χ4v) is 2.00. The fraction of sp³-hybridized carbons (Fsp3) is 0.625. The number of nitrogens with zero attached hydrogens (tertiary/aromatic N) is 3. The van der Waals surface area contributed by atoms with Crippen molar-refractivity contribution in [3.05, 3.63) is 6.33 Å². The number of thioether (sulfide) groups is 1. The largest absolute Gasteiger partial charge is 0.368 e. The zero-order valence-electron chi connectivity index (χ0n) is 8.80. The van der Waals surface area contributed by atoms with Crippen molar-refractivity contribution in [2.24, 2.45) is 12.8 Å². The van der Waals surface area contributed by atoms with Crippen LogP contribution in [0.4, 0.5) is 0 Å². The van der Waals surface area contributed by atoms with E-state index in [-0.39, 0.29) is 11.9 Å². The molecule has 0 fully saturated rings. The second-order valence-corrected chi connectivity index (χ2v) is 4.11. The third kappa shape index (κ3) is 3.52. The van der Waals surface area contributed by atoms with Crippen molar-refractivity contribution in [2.45, 2.75) is 17.6 Å². The maximum atomic E-state index is 10.9. The van der Waals surface area contributed by atoms with Gasteiger partial charge in [0, 0.05) is 12.8 Å². The van der Waals surface area contributed by atoms with Gasteiger partial charge in [0.25, 0.3) is 0 Å². The number of aryl methyl sites for hydroxylation is 1. The van der Waals surface area contributed by atoms with Crippen molar-refractivity contribution in [1.82, 2.24) is 20.1 Å². The quantitative estimate of drug-likeness (QED) is 0.634. The van der Waals surface area contributed by atoms with Gasteiger partial charge in [0.05, 0.1) is 6.04 Å². The molecule has 0 aliphatic carbocycles. The summed E-state index contributed by atoms with van der Waals surface area (Å²) in [4.78, 5) is 15.0. The van der Waals surface area contributed by atoms with Gasteiger partial charge >= 0.3 is 0 Å². The van der Waals surface area contributed by atoms with Crippen molar-refractivity contribution in [2.75, 3.05) is 12.8 Å². The van der Waals surface area contributed by atoms with Crippen LogP contribution >= 0.6 is 11.8 Å². The van der Waals surface area contributed by atoms with Gasteiger partial charge in [-0.15, -0.1) is 0 Å². The van der Waals surface area contributed by atoms with Crippen LogP contribution in [0.15, 0.2) is 11.5 Å². The van der Waals surface area contributed by atoms with Crippen LogP contribution in [0.5, 0.6) is 0 Å². The zero-order chi connectivity index (χ0) is 11.3.